The van der Waals surface area contributed by atoms with Gasteiger partial charge in [-0.25, -0.2) is 0 Å². The molecule has 0 saturated carbocycles. The van der Waals surface area contributed by atoms with Crippen LogP contribution in [0.2, 0.25) is 0 Å². The van der Waals surface area contributed by atoms with Gasteiger partial charge in [-0.15, -0.1) is 0 Å². The van der Waals surface area contributed by atoms with E-state index in [4.69, 9.17) is 14.2 Å². The van der Waals surface area contributed by atoms with Crippen LogP contribution in [0, 0.1) is 0 Å². The Bertz CT molecular complexity index is 800. The first kappa shape index (κ1) is 21.8. The predicted molar refractivity (Wildman–Crippen MR) is 107 cm³/mol. The van der Waals surface area contributed by atoms with E-state index >= 15 is 0 Å². The Morgan fingerprint density at radius 1 is 1.03 bits per heavy atom. The second kappa shape index (κ2) is 9.29. The topological polar surface area (TPSA) is 88.6 Å². The molecule has 0 N–H and O–H groups in total. The molecule has 2 atom stereocenters. The van der Waals surface area contributed by atoms with Gasteiger partial charge in [-0.3, -0.25) is 4.79 Å². The molecule has 2 heterocycles. The normalized spacial score (nSPS) is 24.3. The Morgan fingerprint density at radius 2 is 1.62 bits per heavy atom. The van der Waals surface area contributed by atoms with Crippen molar-refractivity contribution in [2.24, 2.45) is 0 Å². The zero-order chi connectivity index (χ0) is 21.0. The molecule has 0 radical (unpaired) electrons. The van der Waals surface area contributed by atoms with Gasteiger partial charge in [0, 0.05) is 39.3 Å². The van der Waals surface area contributed by atoms with Crippen LogP contribution >= 0.6 is 0 Å². The molecule has 1 amide bonds. The quantitative estimate of drug-likeness (QED) is 0.660. The van der Waals surface area contributed by atoms with Crippen LogP contribution < -0.4 is 9.47 Å². The lowest BCUT2D eigenvalue weighted by atomic mass is 10.3. The molecule has 3 rings (SSSR count). The molecule has 0 aliphatic carbocycles. The zero-order valence-electron chi connectivity index (χ0n) is 17.1. The number of benzene rings is 1. The summed E-state index contributed by atoms with van der Waals surface area (Å²) in [4.78, 5) is 14.1. The van der Waals surface area contributed by atoms with Crippen LogP contribution in [0.15, 0.2) is 24.3 Å². The summed E-state index contributed by atoms with van der Waals surface area (Å²) >= 11 is 0. The number of carbonyl (C=O) groups is 1. The van der Waals surface area contributed by atoms with Crippen molar-refractivity contribution in [1.82, 2.24) is 13.5 Å². The lowest BCUT2D eigenvalue weighted by molar-refractivity contribution is -0.134. The summed E-state index contributed by atoms with van der Waals surface area (Å²) in [6.07, 6.45) is -0.271. The monoisotopic (exact) mass is 427 g/mol. The summed E-state index contributed by atoms with van der Waals surface area (Å²) in [7, 11) is -2.02. The number of morpholine rings is 1. The van der Waals surface area contributed by atoms with E-state index in [1.165, 1.54) is 8.61 Å². The van der Waals surface area contributed by atoms with E-state index in [0.29, 0.717) is 37.7 Å². The zero-order valence-corrected chi connectivity index (χ0v) is 17.9. The van der Waals surface area contributed by atoms with E-state index in [0.717, 1.165) is 0 Å². The molecular formula is C19H29N3O6S. The van der Waals surface area contributed by atoms with Crippen molar-refractivity contribution in [3.05, 3.63) is 24.3 Å². The predicted octanol–water partition coefficient (Wildman–Crippen LogP) is 0.572. The van der Waals surface area contributed by atoms with Gasteiger partial charge < -0.3 is 19.1 Å². The van der Waals surface area contributed by atoms with Gasteiger partial charge in [0.2, 0.25) is 0 Å². The number of ether oxygens (including phenoxy) is 3. The molecule has 10 heteroatoms. The number of piperazine rings is 1. The summed E-state index contributed by atoms with van der Waals surface area (Å²) in [5.74, 6) is 0.881. The number of para-hydroxylation sites is 2. The van der Waals surface area contributed by atoms with Crippen LogP contribution in [0.25, 0.3) is 0 Å². The number of nitrogens with zero attached hydrogens (tertiary/aromatic N) is 3. The third-order valence-corrected chi connectivity index (χ3v) is 7.02. The van der Waals surface area contributed by atoms with Crippen LogP contribution in [0.3, 0.4) is 0 Å². The molecule has 2 fully saturated rings. The van der Waals surface area contributed by atoms with Crippen molar-refractivity contribution in [2.45, 2.75) is 26.1 Å². The van der Waals surface area contributed by atoms with E-state index in [-0.39, 0.29) is 37.8 Å². The van der Waals surface area contributed by atoms with Crippen LogP contribution in [-0.2, 0) is 19.7 Å². The Kier molecular flexibility index (Phi) is 6.99. The molecule has 29 heavy (non-hydrogen) atoms. The van der Waals surface area contributed by atoms with Crippen molar-refractivity contribution in [2.75, 3.05) is 53.0 Å². The molecule has 0 aromatic heterocycles. The molecule has 1 aromatic carbocycles. The number of hydrogen-bond donors (Lipinski definition) is 0. The van der Waals surface area contributed by atoms with Gasteiger partial charge >= 0.3 is 0 Å². The maximum absolute atomic E-state index is 12.9. The van der Waals surface area contributed by atoms with Gasteiger partial charge in [-0.05, 0) is 26.0 Å². The SMILES string of the molecule is COc1ccccc1OCC(=O)N1CCN(S(=O)(=O)N2C[C@H](C)O[C@@H](C)C2)CC1. The van der Waals surface area contributed by atoms with Crippen molar-refractivity contribution in [1.29, 1.82) is 0 Å². The molecule has 162 valence electrons. The molecular weight excluding hydrogens is 398 g/mol. The van der Waals surface area contributed by atoms with Gasteiger partial charge in [0.15, 0.2) is 18.1 Å². The average Bonchev–Trinajstić information content (AvgIpc) is 2.71. The standard InChI is InChI=1S/C19H29N3O6S/c1-15-12-22(13-16(2)28-15)29(24,25)21-10-8-20(9-11-21)19(23)14-27-18-7-5-4-6-17(18)26-3/h4-7,15-16H,8-14H2,1-3H3/t15-,16-/m0/s1. The van der Waals surface area contributed by atoms with Crippen LogP contribution in [-0.4, -0.2) is 93.0 Å². The van der Waals surface area contributed by atoms with E-state index < -0.39 is 10.2 Å². The summed E-state index contributed by atoms with van der Waals surface area (Å²) in [6.45, 7) is 5.52. The molecule has 2 saturated heterocycles. The Labute approximate surface area is 172 Å². The summed E-state index contributed by atoms with van der Waals surface area (Å²) in [6, 6.07) is 7.13. The fourth-order valence-electron chi connectivity index (χ4n) is 3.62. The van der Waals surface area contributed by atoms with Gasteiger partial charge in [0.05, 0.1) is 19.3 Å². The van der Waals surface area contributed by atoms with Crippen LogP contribution in [0.4, 0.5) is 0 Å². The number of rotatable bonds is 6. The Hall–Kier alpha value is -1.88. The van der Waals surface area contributed by atoms with Crippen molar-refractivity contribution < 1.29 is 27.4 Å². The Balaban J connectivity index is 1.52. The van der Waals surface area contributed by atoms with Crippen LogP contribution in [0.1, 0.15) is 13.8 Å². The van der Waals surface area contributed by atoms with Gasteiger partial charge in [-0.1, -0.05) is 12.1 Å². The highest BCUT2D eigenvalue weighted by molar-refractivity contribution is 7.86. The van der Waals surface area contributed by atoms with Gasteiger partial charge in [-0.2, -0.15) is 17.0 Å². The van der Waals surface area contributed by atoms with E-state index in [1.54, 1.807) is 30.2 Å². The van der Waals surface area contributed by atoms with E-state index in [2.05, 4.69) is 0 Å². The van der Waals surface area contributed by atoms with Gasteiger partial charge in [0.1, 0.15) is 0 Å². The highest BCUT2D eigenvalue weighted by Gasteiger charge is 2.37. The fourth-order valence-corrected chi connectivity index (χ4v) is 5.37. The molecule has 0 bridgehead atoms. The van der Waals surface area contributed by atoms with Crippen molar-refractivity contribution in [3.63, 3.8) is 0 Å². The highest BCUT2D eigenvalue weighted by Crippen LogP contribution is 2.26. The molecule has 9 nitrogen and oxygen atoms in total. The first-order valence-electron chi connectivity index (χ1n) is 9.75. The summed E-state index contributed by atoms with van der Waals surface area (Å²) in [5, 5.41) is 0. The second-order valence-electron chi connectivity index (χ2n) is 7.30. The Morgan fingerprint density at radius 3 is 2.21 bits per heavy atom. The largest absolute Gasteiger partial charge is 0.493 e. The lowest BCUT2D eigenvalue weighted by Gasteiger charge is -2.40. The number of hydrogen-bond acceptors (Lipinski definition) is 6. The maximum atomic E-state index is 12.9. The highest BCUT2D eigenvalue weighted by atomic mass is 32.2. The lowest BCUT2D eigenvalue weighted by Crippen LogP contribution is -2.58. The van der Waals surface area contributed by atoms with Crippen molar-refractivity contribution >= 4 is 16.1 Å². The second-order valence-corrected chi connectivity index (χ2v) is 9.23. The molecule has 1 aromatic rings. The molecule has 0 spiro atoms. The van der Waals surface area contributed by atoms with Crippen molar-refractivity contribution in [3.8, 4) is 11.5 Å². The molecule has 2 aliphatic rings. The minimum Gasteiger partial charge on any atom is -0.493 e. The molecule has 0 unspecified atom stereocenters. The minimum atomic E-state index is -3.56. The number of methoxy groups -OCH3 is 1. The first-order valence-corrected chi connectivity index (χ1v) is 11.1. The number of amides is 1. The maximum Gasteiger partial charge on any atom is 0.282 e. The smallest absolute Gasteiger partial charge is 0.282 e. The third-order valence-electron chi connectivity index (χ3n) is 5.05. The summed E-state index contributed by atoms with van der Waals surface area (Å²) in [5.41, 5.74) is 0. The summed E-state index contributed by atoms with van der Waals surface area (Å²) < 4.78 is 45.2. The first-order chi connectivity index (χ1) is 13.8. The fraction of sp³-hybridized carbons (Fsp3) is 0.632. The van der Waals surface area contributed by atoms with Gasteiger partial charge in [0.25, 0.3) is 16.1 Å². The van der Waals surface area contributed by atoms with E-state index in [1.807, 2.05) is 19.9 Å². The number of carbonyl (C=O) groups excluding carboxylic acids is 1. The molecule has 2 aliphatic heterocycles. The average molecular weight is 428 g/mol. The minimum absolute atomic E-state index is 0.119. The third kappa shape index (κ3) is 5.19. The van der Waals surface area contributed by atoms with E-state index in [9.17, 15) is 13.2 Å². The van der Waals surface area contributed by atoms with Crippen LogP contribution in [0.5, 0.6) is 11.5 Å².